The molecule has 9 heavy (non-hydrogen) atoms. The summed E-state index contributed by atoms with van der Waals surface area (Å²) in [6, 6.07) is 0. The summed E-state index contributed by atoms with van der Waals surface area (Å²) in [6.07, 6.45) is 0.844. The average molecular weight is 194 g/mol. The topological polar surface area (TPSA) is 29.5 Å². The number of rotatable bonds is 1. The molecule has 1 amide bonds. The van der Waals surface area contributed by atoms with E-state index in [1.165, 1.54) is 0 Å². The van der Waals surface area contributed by atoms with E-state index < -0.39 is 0 Å². The summed E-state index contributed by atoms with van der Waals surface area (Å²) in [5.41, 5.74) is 0. The molecule has 4 heteroatoms. The zero-order valence-electron chi connectivity index (χ0n) is 4.92. The van der Waals surface area contributed by atoms with Crippen molar-refractivity contribution in [1.82, 2.24) is 4.90 Å². The molecule has 0 aromatic rings. The Morgan fingerprint density at radius 3 is 3.00 bits per heavy atom. The first-order chi connectivity index (χ1) is 4.33. The third-order valence-electron chi connectivity index (χ3n) is 1.20. The first-order valence-corrected chi connectivity index (χ1v) is 3.69. The monoisotopic (exact) mass is 193 g/mol. The lowest BCUT2D eigenvalue weighted by Gasteiger charge is -2.26. The summed E-state index contributed by atoms with van der Waals surface area (Å²) in [4.78, 5) is 11.8. The van der Waals surface area contributed by atoms with Crippen LogP contribution in [-0.4, -0.2) is 36.0 Å². The van der Waals surface area contributed by atoms with Gasteiger partial charge in [0.05, 0.1) is 13.2 Å². The Balaban J connectivity index is 2.31. The Hall–Kier alpha value is -0.0900. The van der Waals surface area contributed by atoms with Gasteiger partial charge in [-0.15, -0.1) is 0 Å². The van der Waals surface area contributed by atoms with Crippen LogP contribution in [0.4, 0.5) is 0 Å². The van der Waals surface area contributed by atoms with E-state index in [4.69, 9.17) is 4.74 Å². The van der Waals surface area contributed by atoms with E-state index in [-0.39, 0.29) is 5.01 Å². The lowest BCUT2D eigenvalue weighted by molar-refractivity contribution is -0.122. The van der Waals surface area contributed by atoms with Crippen molar-refractivity contribution in [1.29, 1.82) is 0 Å². The quantitative estimate of drug-likeness (QED) is 0.440. The molecule has 0 N–H and O–H groups in total. The number of hydrogen-bond acceptors (Lipinski definition) is 2. The summed E-state index contributed by atoms with van der Waals surface area (Å²) >= 11 is 3.25. The molecule has 0 radical (unpaired) electrons. The van der Waals surface area contributed by atoms with Crippen molar-refractivity contribution in [3.05, 3.63) is 0 Å². The smallest absolute Gasteiger partial charge is 0.209 e. The number of alkyl halides is 1. The van der Waals surface area contributed by atoms with Crippen molar-refractivity contribution in [3.8, 4) is 0 Å². The van der Waals surface area contributed by atoms with Crippen LogP contribution in [0.1, 0.15) is 0 Å². The maximum atomic E-state index is 10.2. The van der Waals surface area contributed by atoms with Gasteiger partial charge in [-0.1, -0.05) is 15.9 Å². The zero-order valence-corrected chi connectivity index (χ0v) is 6.50. The fourth-order valence-electron chi connectivity index (χ4n) is 0.722. The molecule has 1 aliphatic rings. The van der Waals surface area contributed by atoms with E-state index in [9.17, 15) is 4.79 Å². The Morgan fingerprint density at radius 1 is 1.78 bits per heavy atom. The molecule has 0 aromatic heterocycles. The average Bonchev–Trinajstić information content (AvgIpc) is 1.88. The van der Waals surface area contributed by atoms with Crippen LogP contribution in [0, 0.1) is 0 Å². The molecule has 1 aliphatic heterocycles. The third-order valence-corrected chi connectivity index (χ3v) is 1.76. The van der Waals surface area contributed by atoms with E-state index in [1.54, 1.807) is 4.90 Å². The van der Waals surface area contributed by atoms with Crippen molar-refractivity contribution < 1.29 is 9.53 Å². The predicted molar refractivity (Wildman–Crippen MR) is 36.3 cm³/mol. The van der Waals surface area contributed by atoms with Crippen molar-refractivity contribution in [2.75, 3.05) is 19.7 Å². The zero-order chi connectivity index (χ0) is 6.69. The third kappa shape index (κ3) is 1.95. The van der Waals surface area contributed by atoms with Crippen molar-refractivity contribution in [2.45, 2.75) is 5.01 Å². The van der Waals surface area contributed by atoms with Crippen molar-refractivity contribution in [3.63, 3.8) is 0 Å². The van der Waals surface area contributed by atoms with Gasteiger partial charge in [-0.25, -0.2) is 0 Å². The molecule has 1 unspecified atom stereocenters. The standard InChI is InChI=1S/C5H8BrNO2/c6-5-3-7(4-8)1-2-9-5/h4-5H,1-3H2. The number of ether oxygens (including phenoxy) is 1. The summed E-state index contributed by atoms with van der Waals surface area (Å²) in [5.74, 6) is 0. The van der Waals surface area contributed by atoms with E-state index in [0.29, 0.717) is 19.7 Å². The van der Waals surface area contributed by atoms with Gasteiger partial charge >= 0.3 is 0 Å². The van der Waals surface area contributed by atoms with Gasteiger partial charge in [0.15, 0.2) is 0 Å². The minimum absolute atomic E-state index is 0.0245. The van der Waals surface area contributed by atoms with Crippen LogP contribution in [0.2, 0.25) is 0 Å². The van der Waals surface area contributed by atoms with Crippen molar-refractivity contribution >= 4 is 22.3 Å². The summed E-state index contributed by atoms with van der Waals surface area (Å²) < 4.78 is 5.13. The number of amides is 1. The van der Waals surface area contributed by atoms with Crippen LogP contribution in [0.5, 0.6) is 0 Å². The molecule has 0 aromatic carbocycles. The van der Waals surface area contributed by atoms with Crippen LogP contribution < -0.4 is 0 Å². The van der Waals surface area contributed by atoms with E-state index >= 15 is 0 Å². The van der Waals surface area contributed by atoms with Crippen molar-refractivity contribution in [2.24, 2.45) is 0 Å². The predicted octanol–water partition coefficient (Wildman–Crippen LogP) is 0.196. The van der Waals surface area contributed by atoms with Crippen LogP contribution in [0.3, 0.4) is 0 Å². The molecule has 0 bridgehead atoms. The molecule has 1 rings (SSSR count). The molecular weight excluding hydrogens is 186 g/mol. The Morgan fingerprint density at radius 2 is 2.56 bits per heavy atom. The number of carbonyl (C=O) groups excluding carboxylic acids is 1. The molecule has 0 spiro atoms. The number of nitrogens with zero attached hydrogens (tertiary/aromatic N) is 1. The Bertz CT molecular complexity index is 109. The Labute approximate surface area is 62.1 Å². The van der Waals surface area contributed by atoms with Gasteiger partial charge < -0.3 is 9.64 Å². The minimum atomic E-state index is 0.0245. The molecule has 52 valence electrons. The highest BCUT2D eigenvalue weighted by Crippen LogP contribution is 2.07. The molecule has 1 heterocycles. The van der Waals surface area contributed by atoms with Crippen LogP contribution in [0.25, 0.3) is 0 Å². The van der Waals surface area contributed by atoms with Gasteiger partial charge in [0.1, 0.15) is 5.01 Å². The van der Waals surface area contributed by atoms with E-state index in [2.05, 4.69) is 15.9 Å². The van der Waals surface area contributed by atoms with Crippen LogP contribution >= 0.6 is 15.9 Å². The summed E-state index contributed by atoms with van der Waals surface area (Å²) in [7, 11) is 0. The second-order valence-electron chi connectivity index (χ2n) is 1.88. The second kappa shape index (κ2) is 3.17. The maximum absolute atomic E-state index is 10.2. The number of morpholine rings is 1. The second-order valence-corrected chi connectivity index (χ2v) is 2.90. The van der Waals surface area contributed by atoms with Gasteiger partial charge in [0.2, 0.25) is 6.41 Å². The first-order valence-electron chi connectivity index (χ1n) is 2.78. The highest BCUT2D eigenvalue weighted by molar-refractivity contribution is 9.09. The normalized spacial score (nSPS) is 28.1. The van der Waals surface area contributed by atoms with Crippen LogP contribution in [-0.2, 0) is 9.53 Å². The molecule has 0 saturated carbocycles. The molecule has 3 nitrogen and oxygen atoms in total. The van der Waals surface area contributed by atoms with Gasteiger partial charge in [0, 0.05) is 6.54 Å². The molecule has 0 aliphatic carbocycles. The fourth-order valence-corrected chi connectivity index (χ4v) is 1.28. The SMILES string of the molecule is O=CN1CCOC(Br)C1. The summed E-state index contributed by atoms with van der Waals surface area (Å²) in [5, 5.41) is 0.0245. The van der Waals surface area contributed by atoms with Gasteiger partial charge in [0.25, 0.3) is 0 Å². The largest absolute Gasteiger partial charge is 0.363 e. The molecule has 1 atom stereocenters. The maximum Gasteiger partial charge on any atom is 0.209 e. The van der Waals surface area contributed by atoms with E-state index in [1.807, 2.05) is 0 Å². The molecule has 1 fully saturated rings. The number of hydrogen-bond donors (Lipinski definition) is 0. The number of carbonyl (C=O) groups is 1. The highest BCUT2D eigenvalue weighted by Gasteiger charge is 2.14. The minimum Gasteiger partial charge on any atom is -0.363 e. The lowest BCUT2D eigenvalue weighted by Crippen LogP contribution is -2.38. The van der Waals surface area contributed by atoms with E-state index in [0.717, 1.165) is 6.41 Å². The molecular formula is C5H8BrNO2. The van der Waals surface area contributed by atoms with Gasteiger partial charge in [-0.05, 0) is 0 Å². The first kappa shape index (κ1) is 7.02. The fraction of sp³-hybridized carbons (Fsp3) is 0.800. The van der Waals surface area contributed by atoms with Gasteiger partial charge in [-0.2, -0.15) is 0 Å². The number of halogens is 1. The summed E-state index contributed by atoms with van der Waals surface area (Å²) in [6.45, 7) is 2.00. The van der Waals surface area contributed by atoms with Gasteiger partial charge in [-0.3, -0.25) is 4.79 Å². The molecule has 1 saturated heterocycles. The lowest BCUT2D eigenvalue weighted by atomic mass is 10.5. The Kier molecular flexibility index (Phi) is 2.48. The highest BCUT2D eigenvalue weighted by atomic mass is 79.9. The van der Waals surface area contributed by atoms with Crippen LogP contribution in [0.15, 0.2) is 0 Å².